The zero-order valence-electron chi connectivity index (χ0n) is 18.4. The summed E-state index contributed by atoms with van der Waals surface area (Å²) in [5, 5.41) is 2.83. The lowest BCUT2D eigenvalue weighted by atomic mass is 9.98. The van der Waals surface area contributed by atoms with E-state index in [2.05, 4.69) is 36.3 Å². The lowest BCUT2D eigenvalue weighted by Crippen LogP contribution is -2.20. The molecule has 0 fully saturated rings. The molecule has 0 aliphatic rings. The molecule has 164 valence electrons. The highest BCUT2D eigenvalue weighted by Gasteiger charge is 2.11. The summed E-state index contributed by atoms with van der Waals surface area (Å²) in [4.78, 5) is 16.8. The number of methoxy groups -OCH3 is 1. The second-order valence-corrected chi connectivity index (χ2v) is 7.65. The number of aromatic nitrogens is 1. The van der Waals surface area contributed by atoms with Crippen molar-refractivity contribution in [1.29, 1.82) is 0 Å². The standard InChI is InChI=1S/C26H26N2O4/c1-4-17(2)19-7-14-24-23(15-19)28-26(32-24)18-5-8-20(9-6-18)27-25(29)16-31-22-12-10-21(30-3)11-13-22/h5-15,17H,4,16H2,1-3H3,(H,27,29). The van der Waals surface area contributed by atoms with Gasteiger partial charge in [-0.3, -0.25) is 4.79 Å². The highest BCUT2D eigenvalue weighted by molar-refractivity contribution is 5.92. The van der Waals surface area contributed by atoms with Crippen LogP contribution in [0.5, 0.6) is 11.5 Å². The third-order valence-electron chi connectivity index (χ3n) is 5.44. The molecule has 1 amide bonds. The molecular weight excluding hydrogens is 404 g/mol. The zero-order chi connectivity index (χ0) is 22.5. The van der Waals surface area contributed by atoms with Crippen molar-refractivity contribution in [2.24, 2.45) is 0 Å². The van der Waals surface area contributed by atoms with Gasteiger partial charge in [0.05, 0.1) is 7.11 Å². The number of ether oxygens (including phenoxy) is 2. The molecule has 0 bridgehead atoms. The van der Waals surface area contributed by atoms with Crippen molar-refractivity contribution in [3.63, 3.8) is 0 Å². The minimum Gasteiger partial charge on any atom is -0.497 e. The Labute approximate surface area is 187 Å². The molecule has 0 spiro atoms. The van der Waals surface area contributed by atoms with E-state index < -0.39 is 0 Å². The normalized spacial score (nSPS) is 11.8. The van der Waals surface area contributed by atoms with Crippen LogP contribution in [0.15, 0.2) is 71.1 Å². The maximum Gasteiger partial charge on any atom is 0.262 e. The van der Waals surface area contributed by atoms with Crippen molar-refractivity contribution in [2.45, 2.75) is 26.2 Å². The molecule has 4 rings (SSSR count). The Balaban J connectivity index is 1.38. The van der Waals surface area contributed by atoms with Crippen LogP contribution in [0.2, 0.25) is 0 Å². The molecule has 0 aliphatic carbocycles. The monoisotopic (exact) mass is 430 g/mol. The van der Waals surface area contributed by atoms with Gasteiger partial charge in [0.1, 0.15) is 17.0 Å². The Morgan fingerprint density at radius 3 is 2.44 bits per heavy atom. The number of hydrogen-bond donors (Lipinski definition) is 1. The number of amides is 1. The van der Waals surface area contributed by atoms with Crippen LogP contribution in [0.3, 0.4) is 0 Å². The van der Waals surface area contributed by atoms with Crippen LogP contribution in [0.4, 0.5) is 5.69 Å². The van der Waals surface area contributed by atoms with Crippen LogP contribution in [-0.4, -0.2) is 24.6 Å². The summed E-state index contributed by atoms with van der Waals surface area (Å²) in [6, 6.07) is 20.6. The second kappa shape index (κ2) is 9.56. The average molecular weight is 431 g/mol. The van der Waals surface area contributed by atoms with Gasteiger partial charge in [-0.05, 0) is 78.6 Å². The van der Waals surface area contributed by atoms with Crippen molar-refractivity contribution in [1.82, 2.24) is 4.98 Å². The number of rotatable bonds is 8. The van der Waals surface area contributed by atoms with E-state index in [1.807, 2.05) is 30.3 Å². The highest BCUT2D eigenvalue weighted by Crippen LogP contribution is 2.28. The van der Waals surface area contributed by atoms with Gasteiger partial charge < -0.3 is 19.2 Å². The topological polar surface area (TPSA) is 73.6 Å². The molecule has 6 heteroatoms. The number of benzene rings is 3. The fourth-order valence-electron chi connectivity index (χ4n) is 3.32. The number of carbonyl (C=O) groups is 1. The maximum absolute atomic E-state index is 12.2. The van der Waals surface area contributed by atoms with Gasteiger partial charge in [0.15, 0.2) is 12.2 Å². The minimum atomic E-state index is -0.243. The fraction of sp³-hybridized carbons (Fsp3) is 0.231. The van der Waals surface area contributed by atoms with Crippen molar-refractivity contribution < 1.29 is 18.7 Å². The van der Waals surface area contributed by atoms with E-state index in [9.17, 15) is 4.79 Å². The SMILES string of the molecule is CCC(C)c1ccc2oc(-c3ccc(NC(=O)COc4ccc(OC)cc4)cc3)nc2c1. The van der Waals surface area contributed by atoms with Crippen molar-refractivity contribution >= 4 is 22.7 Å². The number of oxazole rings is 1. The molecule has 4 aromatic rings. The number of fused-ring (bicyclic) bond motifs is 1. The molecule has 0 aliphatic heterocycles. The predicted molar refractivity (Wildman–Crippen MR) is 125 cm³/mol. The first-order chi connectivity index (χ1) is 15.6. The average Bonchev–Trinajstić information content (AvgIpc) is 3.26. The minimum absolute atomic E-state index is 0.0856. The van der Waals surface area contributed by atoms with Crippen LogP contribution in [0.25, 0.3) is 22.6 Å². The Morgan fingerprint density at radius 1 is 1.03 bits per heavy atom. The van der Waals surface area contributed by atoms with Gasteiger partial charge in [-0.2, -0.15) is 0 Å². The summed E-state index contributed by atoms with van der Waals surface area (Å²) in [5.41, 5.74) is 4.40. The summed E-state index contributed by atoms with van der Waals surface area (Å²) in [7, 11) is 1.60. The smallest absolute Gasteiger partial charge is 0.262 e. The molecule has 1 N–H and O–H groups in total. The molecule has 1 heterocycles. The van der Waals surface area contributed by atoms with Gasteiger partial charge >= 0.3 is 0 Å². The fourth-order valence-corrected chi connectivity index (χ4v) is 3.32. The molecule has 0 radical (unpaired) electrons. The molecule has 6 nitrogen and oxygen atoms in total. The Bertz CT molecular complexity index is 1200. The molecule has 3 aromatic carbocycles. The number of anilines is 1. The Morgan fingerprint density at radius 2 is 1.75 bits per heavy atom. The first-order valence-electron chi connectivity index (χ1n) is 10.6. The van der Waals surface area contributed by atoms with Gasteiger partial charge in [-0.1, -0.05) is 19.9 Å². The van der Waals surface area contributed by atoms with Crippen molar-refractivity contribution in [2.75, 3.05) is 19.0 Å². The first-order valence-corrected chi connectivity index (χ1v) is 10.6. The molecule has 0 saturated carbocycles. The van der Waals surface area contributed by atoms with E-state index in [4.69, 9.17) is 13.9 Å². The molecule has 0 saturated heterocycles. The number of carbonyl (C=O) groups excluding carboxylic acids is 1. The maximum atomic E-state index is 12.2. The van der Waals surface area contributed by atoms with E-state index in [0.29, 0.717) is 23.2 Å². The zero-order valence-corrected chi connectivity index (χ0v) is 18.4. The summed E-state index contributed by atoms with van der Waals surface area (Å²) < 4.78 is 16.5. The number of hydrogen-bond acceptors (Lipinski definition) is 5. The van der Waals surface area contributed by atoms with Crippen LogP contribution < -0.4 is 14.8 Å². The van der Waals surface area contributed by atoms with Crippen LogP contribution in [0.1, 0.15) is 31.7 Å². The van der Waals surface area contributed by atoms with Crippen LogP contribution in [-0.2, 0) is 4.79 Å². The lowest BCUT2D eigenvalue weighted by molar-refractivity contribution is -0.118. The number of nitrogens with one attached hydrogen (secondary N) is 1. The van der Waals surface area contributed by atoms with Gasteiger partial charge in [-0.15, -0.1) is 0 Å². The predicted octanol–water partition coefficient (Wildman–Crippen LogP) is 6.03. The molecule has 1 aromatic heterocycles. The third-order valence-corrected chi connectivity index (χ3v) is 5.44. The first kappa shape index (κ1) is 21.4. The molecule has 1 atom stereocenters. The van der Waals surface area contributed by atoms with Crippen molar-refractivity contribution in [3.8, 4) is 23.0 Å². The van der Waals surface area contributed by atoms with E-state index >= 15 is 0 Å². The Kier molecular flexibility index (Phi) is 6.40. The van der Waals surface area contributed by atoms with Gasteiger partial charge in [0.2, 0.25) is 5.89 Å². The van der Waals surface area contributed by atoms with Crippen LogP contribution in [0, 0.1) is 0 Å². The summed E-state index contributed by atoms with van der Waals surface area (Å²) in [5.74, 6) is 2.13. The van der Waals surface area contributed by atoms with Gasteiger partial charge in [-0.25, -0.2) is 4.98 Å². The molecular formula is C26H26N2O4. The lowest BCUT2D eigenvalue weighted by Gasteiger charge is -2.08. The van der Waals surface area contributed by atoms with Gasteiger partial charge in [0, 0.05) is 11.3 Å². The van der Waals surface area contributed by atoms with E-state index in [0.717, 1.165) is 28.8 Å². The highest BCUT2D eigenvalue weighted by atomic mass is 16.5. The quantitative estimate of drug-likeness (QED) is 0.369. The summed E-state index contributed by atoms with van der Waals surface area (Å²) >= 11 is 0. The molecule has 1 unspecified atom stereocenters. The van der Waals surface area contributed by atoms with Crippen molar-refractivity contribution in [3.05, 3.63) is 72.3 Å². The second-order valence-electron chi connectivity index (χ2n) is 7.65. The largest absolute Gasteiger partial charge is 0.497 e. The van der Waals surface area contributed by atoms with E-state index in [1.54, 1.807) is 31.4 Å². The number of nitrogens with zero attached hydrogens (tertiary/aromatic N) is 1. The third kappa shape index (κ3) is 4.91. The Hall–Kier alpha value is -3.80. The van der Waals surface area contributed by atoms with Gasteiger partial charge in [0.25, 0.3) is 5.91 Å². The van der Waals surface area contributed by atoms with E-state index in [1.165, 1.54) is 5.56 Å². The molecule has 32 heavy (non-hydrogen) atoms. The van der Waals surface area contributed by atoms with Crippen LogP contribution >= 0.6 is 0 Å². The summed E-state index contributed by atoms with van der Waals surface area (Å²) in [6.45, 7) is 4.30. The van der Waals surface area contributed by atoms with E-state index in [-0.39, 0.29) is 12.5 Å². The summed E-state index contributed by atoms with van der Waals surface area (Å²) in [6.07, 6.45) is 1.08.